The fourth-order valence-electron chi connectivity index (χ4n) is 1.59. The van der Waals surface area contributed by atoms with Gasteiger partial charge in [0, 0.05) is 6.07 Å². The first kappa shape index (κ1) is 11.4. The van der Waals surface area contributed by atoms with E-state index in [1.807, 2.05) is 0 Å². The van der Waals surface area contributed by atoms with E-state index < -0.39 is 16.6 Å². The van der Waals surface area contributed by atoms with Crippen molar-refractivity contribution in [1.29, 1.82) is 0 Å². The molecule has 1 aromatic carbocycles. The summed E-state index contributed by atoms with van der Waals surface area (Å²) in [5.41, 5.74) is -0.467. The minimum absolute atomic E-state index is 0.117. The zero-order valence-electron chi connectivity index (χ0n) is 8.17. The highest BCUT2D eigenvalue weighted by molar-refractivity contribution is 9.10. The first-order chi connectivity index (χ1) is 7.50. The Kier molecular flexibility index (Phi) is 2.92. The third-order valence-corrected chi connectivity index (χ3v) is 3.20. The van der Waals surface area contributed by atoms with Crippen LogP contribution in [-0.2, 0) is 6.42 Å². The molecule has 0 aromatic heterocycles. The summed E-state index contributed by atoms with van der Waals surface area (Å²) in [6.45, 7) is 0. The number of nitrogens with zero attached hydrogens (tertiary/aromatic N) is 1. The Morgan fingerprint density at radius 2 is 2.06 bits per heavy atom. The Morgan fingerprint density at radius 1 is 1.44 bits per heavy atom. The second kappa shape index (κ2) is 4.08. The second-order valence-electron chi connectivity index (χ2n) is 3.89. The molecule has 3 nitrogen and oxygen atoms in total. The van der Waals surface area contributed by atoms with Gasteiger partial charge in [0.25, 0.3) is 5.69 Å². The molecule has 0 bridgehead atoms. The average molecular weight is 292 g/mol. The first-order valence-corrected chi connectivity index (χ1v) is 5.60. The lowest BCUT2D eigenvalue weighted by Crippen LogP contribution is -2.03. The van der Waals surface area contributed by atoms with Crippen molar-refractivity contribution in [2.24, 2.45) is 5.92 Å². The minimum Gasteiger partial charge on any atom is -0.258 e. The summed E-state index contributed by atoms with van der Waals surface area (Å²) in [4.78, 5) is 10.1. The lowest BCUT2D eigenvalue weighted by atomic mass is 10.1. The first-order valence-electron chi connectivity index (χ1n) is 4.81. The van der Waals surface area contributed by atoms with Crippen molar-refractivity contribution in [3.63, 3.8) is 0 Å². The number of hydrogen-bond acceptors (Lipinski definition) is 2. The van der Waals surface area contributed by atoms with Crippen molar-refractivity contribution in [3.8, 4) is 0 Å². The molecule has 0 amide bonds. The van der Waals surface area contributed by atoms with E-state index >= 15 is 0 Å². The highest BCUT2D eigenvalue weighted by Crippen LogP contribution is 2.38. The molecule has 86 valence electrons. The van der Waals surface area contributed by atoms with Crippen molar-refractivity contribution in [3.05, 3.63) is 37.9 Å². The van der Waals surface area contributed by atoms with Gasteiger partial charge >= 0.3 is 0 Å². The molecule has 0 unspecified atom stereocenters. The van der Waals surface area contributed by atoms with E-state index in [4.69, 9.17) is 0 Å². The highest BCUT2D eigenvalue weighted by Gasteiger charge is 2.30. The fraction of sp³-hybridized carbons (Fsp3) is 0.400. The zero-order chi connectivity index (χ0) is 11.9. The Labute approximate surface area is 98.7 Å². The molecule has 2 rings (SSSR count). The monoisotopic (exact) mass is 291 g/mol. The molecular formula is C10H8BrF2NO2. The van der Waals surface area contributed by atoms with Gasteiger partial charge in [0.2, 0.25) is 0 Å². The van der Waals surface area contributed by atoms with Crippen LogP contribution >= 0.6 is 15.9 Å². The van der Waals surface area contributed by atoms with E-state index in [-0.39, 0.29) is 28.1 Å². The van der Waals surface area contributed by atoms with E-state index in [1.54, 1.807) is 0 Å². The summed E-state index contributed by atoms with van der Waals surface area (Å²) in [5.74, 6) is -1.90. The van der Waals surface area contributed by atoms with Crippen molar-refractivity contribution in [2.75, 3.05) is 0 Å². The van der Waals surface area contributed by atoms with Crippen molar-refractivity contribution in [2.45, 2.75) is 19.3 Å². The molecule has 1 fully saturated rings. The maximum Gasteiger partial charge on any atom is 0.276 e. The van der Waals surface area contributed by atoms with E-state index in [1.165, 1.54) is 0 Å². The molecule has 0 radical (unpaired) electrons. The molecule has 0 saturated heterocycles. The Hall–Kier alpha value is -1.04. The Balaban J connectivity index is 2.51. The topological polar surface area (TPSA) is 43.1 Å². The van der Waals surface area contributed by atoms with Crippen LogP contribution < -0.4 is 0 Å². The number of halogens is 3. The van der Waals surface area contributed by atoms with Crippen LogP contribution in [0.3, 0.4) is 0 Å². The molecule has 0 atom stereocenters. The van der Waals surface area contributed by atoms with Gasteiger partial charge in [0.15, 0.2) is 11.6 Å². The molecule has 0 heterocycles. The lowest BCUT2D eigenvalue weighted by molar-refractivity contribution is -0.385. The van der Waals surface area contributed by atoms with Crippen LogP contribution in [-0.4, -0.2) is 4.92 Å². The molecule has 1 aliphatic rings. The molecule has 0 N–H and O–H groups in total. The third-order valence-electron chi connectivity index (χ3n) is 2.63. The molecular weight excluding hydrogens is 284 g/mol. The highest BCUT2D eigenvalue weighted by atomic mass is 79.9. The standard InChI is InChI=1S/C10H8BrF2NO2/c11-7-4-8(14(15)16)6(3-5-1-2-5)9(12)10(7)13/h4-5H,1-3H2. The molecule has 1 saturated carbocycles. The van der Waals surface area contributed by atoms with Gasteiger partial charge in [-0.05, 0) is 41.1 Å². The largest absolute Gasteiger partial charge is 0.276 e. The van der Waals surface area contributed by atoms with Gasteiger partial charge in [-0.2, -0.15) is 0 Å². The summed E-state index contributed by atoms with van der Waals surface area (Å²) < 4.78 is 26.6. The smallest absolute Gasteiger partial charge is 0.258 e. The number of nitro groups is 1. The summed E-state index contributed by atoms with van der Waals surface area (Å²) in [6, 6.07) is 1.02. The van der Waals surface area contributed by atoms with Gasteiger partial charge in [-0.15, -0.1) is 0 Å². The number of hydrogen-bond donors (Lipinski definition) is 0. The van der Waals surface area contributed by atoms with Crippen LogP contribution in [0.1, 0.15) is 18.4 Å². The van der Waals surface area contributed by atoms with Gasteiger partial charge < -0.3 is 0 Å². The molecule has 16 heavy (non-hydrogen) atoms. The van der Waals surface area contributed by atoms with Gasteiger partial charge in [0.05, 0.1) is 15.0 Å². The SMILES string of the molecule is O=[N+]([O-])c1cc(Br)c(F)c(F)c1CC1CC1. The molecule has 0 aliphatic heterocycles. The van der Waals surface area contributed by atoms with Crippen molar-refractivity contribution < 1.29 is 13.7 Å². The maximum atomic E-state index is 13.6. The van der Waals surface area contributed by atoms with Gasteiger partial charge in [-0.25, -0.2) is 8.78 Å². The Morgan fingerprint density at radius 3 is 2.56 bits per heavy atom. The van der Waals surface area contributed by atoms with E-state index in [2.05, 4.69) is 15.9 Å². The Bertz CT molecular complexity index is 461. The van der Waals surface area contributed by atoms with Crippen LogP contribution in [0.5, 0.6) is 0 Å². The van der Waals surface area contributed by atoms with Gasteiger partial charge in [0.1, 0.15) is 0 Å². The predicted octanol–water partition coefficient (Wildman–Crippen LogP) is 3.59. The number of nitro benzene ring substituents is 1. The lowest BCUT2D eigenvalue weighted by Gasteiger charge is -2.05. The summed E-state index contributed by atoms with van der Waals surface area (Å²) in [5, 5.41) is 10.7. The summed E-state index contributed by atoms with van der Waals surface area (Å²) >= 11 is 2.76. The molecule has 1 aromatic rings. The quantitative estimate of drug-likeness (QED) is 0.485. The van der Waals surface area contributed by atoms with Crippen LogP contribution in [0.25, 0.3) is 0 Å². The predicted molar refractivity (Wildman–Crippen MR) is 57.1 cm³/mol. The second-order valence-corrected chi connectivity index (χ2v) is 4.74. The van der Waals surface area contributed by atoms with Crippen LogP contribution in [0.15, 0.2) is 10.5 Å². The van der Waals surface area contributed by atoms with Crippen LogP contribution in [0.4, 0.5) is 14.5 Å². The zero-order valence-corrected chi connectivity index (χ0v) is 9.76. The summed E-state index contributed by atoms with van der Waals surface area (Å²) in [6.07, 6.45) is 2.09. The molecule has 1 aliphatic carbocycles. The number of benzene rings is 1. The maximum absolute atomic E-state index is 13.6. The molecule has 6 heteroatoms. The molecule has 0 spiro atoms. The summed E-state index contributed by atoms with van der Waals surface area (Å²) in [7, 11) is 0. The van der Waals surface area contributed by atoms with Crippen LogP contribution in [0.2, 0.25) is 0 Å². The minimum atomic E-state index is -1.10. The fourth-order valence-corrected chi connectivity index (χ4v) is 1.98. The van der Waals surface area contributed by atoms with E-state index in [0.717, 1.165) is 18.9 Å². The van der Waals surface area contributed by atoms with Crippen molar-refractivity contribution in [1.82, 2.24) is 0 Å². The van der Waals surface area contributed by atoms with Crippen molar-refractivity contribution >= 4 is 21.6 Å². The van der Waals surface area contributed by atoms with Crippen LogP contribution in [0, 0.1) is 27.7 Å². The van der Waals surface area contributed by atoms with Gasteiger partial charge in [-0.1, -0.05) is 0 Å². The average Bonchev–Trinajstić information content (AvgIpc) is 3.02. The van der Waals surface area contributed by atoms with E-state index in [0.29, 0.717) is 0 Å². The van der Waals surface area contributed by atoms with E-state index in [9.17, 15) is 18.9 Å². The van der Waals surface area contributed by atoms with Gasteiger partial charge in [-0.3, -0.25) is 10.1 Å². The third kappa shape index (κ3) is 2.07. The normalized spacial score (nSPS) is 15.2. The number of rotatable bonds is 3.